The van der Waals surface area contributed by atoms with Gasteiger partial charge in [0.05, 0.1) is 13.7 Å². The molecule has 4 nitrogen and oxygen atoms in total. The van der Waals surface area contributed by atoms with E-state index in [9.17, 15) is 18.0 Å². The number of ether oxygens (including phenoxy) is 1. The number of alkyl halides is 3. The molecule has 1 aromatic heterocycles. The second kappa shape index (κ2) is 7.99. The van der Waals surface area contributed by atoms with Crippen LogP contribution in [0.4, 0.5) is 13.2 Å². The normalized spacial score (nSPS) is 14.5. The standard InChI is InChI=1S/C21H25F3N2O2/c1-14-10-19(15(2)26(14)13-21(22,23)24)20(27)12-25(17-6-7-17)11-16-4-8-18(28-3)9-5-16/h4-5,8-10,17H,6-7,11-13H2,1-3H3. The van der Waals surface area contributed by atoms with Crippen LogP contribution in [0.2, 0.25) is 0 Å². The minimum absolute atomic E-state index is 0.137. The maximum absolute atomic E-state index is 12.9. The molecule has 1 saturated carbocycles. The van der Waals surface area contributed by atoms with E-state index in [-0.39, 0.29) is 12.3 Å². The zero-order valence-corrected chi connectivity index (χ0v) is 16.3. The number of benzene rings is 1. The first kappa shape index (κ1) is 20.5. The first-order chi connectivity index (χ1) is 13.2. The zero-order valence-electron chi connectivity index (χ0n) is 16.3. The maximum Gasteiger partial charge on any atom is 0.406 e. The number of aryl methyl sites for hydroxylation is 1. The summed E-state index contributed by atoms with van der Waals surface area (Å²) in [5.41, 5.74) is 2.27. The van der Waals surface area contributed by atoms with Crippen LogP contribution >= 0.6 is 0 Å². The van der Waals surface area contributed by atoms with Gasteiger partial charge in [-0.05, 0) is 50.5 Å². The fourth-order valence-electron chi connectivity index (χ4n) is 3.49. The van der Waals surface area contributed by atoms with E-state index >= 15 is 0 Å². The van der Waals surface area contributed by atoms with Crippen LogP contribution in [0.3, 0.4) is 0 Å². The Hall–Kier alpha value is -2.28. The lowest BCUT2D eigenvalue weighted by molar-refractivity contribution is -0.141. The van der Waals surface area contributed by atoms with Crippen LogP contribution < -0.4 is 4.74 Å². The first-order valence-corrected chi connectivity index (χ1v) is 9.31. The highest BCUT2D eigenvalue weighted by Gasteiger charge is 2.33. The van der Waals surface area contributed by atoms with Gasteiger partial charge in [0.1, 0.15) is 12.3 Å². The van der Waals surface area contributed by atoms with Gasteiger partial charge in [0.2, 0.25) is 0 Å². The predicted octanol–water partition coefficient (Wildman–Crippen LogP) is 4.52. The maximum atomic E-state index is 12.9. The van der Waals surface area contributed by atoms with Crippen LogP contribution in [0.5, 0.6) is 5.75 Å². The Morgan fingerprint density at radius 2 is 1.86 bits per heavy atom. The molecule has 0 unspecified atom stereocenters. The Kier molecular flexibility index (Phi) is 5.84. The second-order valence-electron chi connectivity index (χ2n) is 7.39. The molecule has 0 N–H and O–H groups in total. The molecule has 3 rings (SSSR count). The highest BCUT2D eigenvalue weighted by molar-refractivity contribution is 5.99. The number of hydrogen-bond acceptors (Lipinski definition) is 3. The van der Waals surface area contributed by atoms with Crippen molar-refractivity contribution in [3.8, 4) is 5.75 Å². The summed E-state index contributed by atoms with van der Waals surface area (Å²) in [6.45, 7) is 2.94. The lowest BCUT2D eigenvalue weighted by Crippen LogP contribution is -2.31. The van der Waals surface area contributed by atoms with Crippen LogP contribution in [0, 0.1) is 13.8 Å². The fraction of sp³-hybridized carbons (Fsp3) is 0.476. The van der Waals surface area contributed by atoms with Crippen molar-refractivity contribution in [2.24, 2.45) is 0 Å². The molecule has 0 radical (unpaired) electrons. The van der Waals surface area contributed by atoms with Crippen molar-refractivity contribution in [2.45, 2.75) is 52.0 Å². The van der Waals surface area contributed by atoms with E-state index in [1.165, 1.54) is 0 Å². The van der Waals surface area contributed by atoms with E-state index in [1.54, 1.807) is 27.0 Å². The quantitative estimate of drug-likeness (QED) is 0.618. The van der Waals surface area contributed by atoms with Crippen molar-refractivity contribution in [3.05, 3.63) is 52.8 Å². The highest BCUT2D eigenvalue weighted by Crippen LogP contribution is 2.30. The number of nitrogens with zero attached hydrogens (tertiary/aromatic N) is 2. The van der Waals surface area contributed by atoms with Crippen molar-refractivity contribution < 1.29 is 22.7 Å². The van der Waals surface area contributed by atoms with Gasteiger partial charge in [-0.25, -0.2) is 0 Å². The molecule has 0 saturated heterocycles. The van der Waals surface area contributed by atoms with E-state index in [2.05, 4.69) is 4.90 Å². The molecule has 1 fully saturated rings. The molecule has 0 aliphatic heterocycles. The van der Waals surface area contributed by atoms with Gasteiger partial charge >= 0.3 is 6.18 Å². The van der Waals surface area contributed by atoms with Crippen molar-refractivity contribution in [3.63, 3.8) is 0 Å². The van der Waals surface area contributed by atoms with Crippen molar-refractivity contribution in [1.29, 1.82) is 0 Å². The SMILES string of the molecule is COc1ccc(CN(CC(=O)c2cc(C)n(CC(F)(F)F)c2C)C2CC2)cc1. The number of carbonyl (C=O) groups excluding carboxylic acids is 1. The number of ketones is 1. The summed E-state index contributed by atoms with van der Waals surface area (Å²) >= 11 is 0. The van der Waals surface area contributed by atoms with Crippen molar-refractivity contribution in [1.82, 2.24) is 9.47 Å². The predicted molar refractivity (Wildman–Crippen MR) is 101 cm³/mol. The molecule has 1 aromatic carbocycles. The third-order valence-electron chi connectivity index (χ3n) is 5.17. The summed E-state index contributed by atoms with van der Waals surface area (Å²) in [7, 11) is 1.61. The molecule has 1 aliphatic carbocycles. The number of carbonyl (C=O) groups is 1. The zero-order chi connectivity index (χ0) is 20.5. The van der Waals surface area contributed by atoms with E-state index < -0.39 is 12.7 Å². The minimum atomic E-state index is -4.32. The first-order valence-electron chi connectivity index (χ1n) is 9.31. The fourth-order valence-corrected chi connectivity index (χ4v) is 3.49. The van der Waals surface area contributed by atoms with Gasteiger partial charge in [-0.1, -0.05) is 12.1 Å². The summed E-state index contributed by atoms with van der Waals surface area (Å²) in [5, 5.41) is 0. The van der Waals surface area contributed by atoms with Crippen molar-refractivity contribution >= 4 is 5.78 Å². The van der Waals surface area contributed by atoms with Crippen LogP contribution in [0.15, 0.2) is 30.3 Å². The average Bonchev–Trinajstić information content (AvgIpc) is 3.44. The van der Waals surface area contributed by atoms with Gasteiger partial charge in [-0.3, -0.25) is 9.69 Å². The molecule has 0 amide bonds. The molecule has 0 spiro atoms. The molecule has 7 heteroatoms. The Morgan fingerprint density at radius 1 is 1.21 bits per heavy atom. The molecule has 1 aliphatic rings. The van der Waals surface area contributed by atoms with Crippen LogP contribution in [-0.2, 0) is 13.1 Å². The number of rotatable bonds is 8. The molecule has 0 bridgehead atoms. The number of Topliss-reactive ketones (excluding diaryl/α,β-unsaturated/α-hetero) is 1. The third kappa shape index (κ3) is 4.95. The summed E-state index contributed by atoms with van der Waals surface area (Å²) < 4.78 is 44.8. The lowest BCUT2D eigenvalue weighted by atomic mass is 10.1. The third-order valence-corrected chi connectivity index (χ3v) is 5.17. The Morgan fingerprint density at radius 3 is 2.39 bits per heavy atom. The summed E-state index contributed by atoms with van der Waals surface area (Å²) in [6, 6.07) is 9.62. The number of hydrogen-bond donors (Lipinski definition) is 0. The largest absolute Gasteiger partial charge is 0.497 e. The molecule has 28 heavy (non-hydrogen) atoms. The lowest BCUT2D eigenvalue weighted by Gasteiger charge is -2.21. The van der Waals surface area contributed by atoms with Crippen LogP contribution in [-0.4, -0.2) is 41.1 Å². The molecule has 0 atom stereocenters. The summed E-state index contributed by atoms with van der Waals surface area (Å²) in [6.07, 6.45) is -2.24. The smallest absolute Gasteiger partial charge is 0.406 e. The highest BCUT2D eigenvalue weighted by atomic mass is 19.4. The van der Waals surface area contributed by atoms with E-state index in [0.29, 0.717) is 29.5 Å². The average molecular weight is 394 g/mol. The van der Waals surface area contributed by atoms with Gasteiger partial charge in [0.25, 0.3) is 0 Å². The second-order valence-corrected chi connectivity index (χ2v) is 7.39. The van der Waals surface area contributed by atoms with Gasteiger partial charge in [-0.2, -0.15) is 13.2 Å². The Balaban J connectivity index is 1.73. The van der Waals surface area contributed by atoms with Gasteiger partial charge in [0.15, 0.2) is 5.78 Å². The molecule has 152 valence electrons. The van der Waals surface area contributed by atoms with Crippen molar-refractivity contribution in [2.75, 3.05) is 13.7 Å². The summed E-state index contributed by atoms with van der Waals surface area (Å²) in [5.74, 6) is 0.636. The minimum Gasteiger partial charge on any atom is -0.497 e. The summed E-state index contributed by atoms with van der Waals surface area (Å²) in [4.78, 5) is 15.0. The van der Waals surface area contributed by atoms with Gasteiger partial charge < -0.3 is 9.30 Å². The Labute approximate surface area is 162 Å². The van der Waals surface area contributed by atoms with Gasteiger partial charge in [-0.15, -0.1) is 0 Å². The molecule has 2 aromatic rings. The van der Waals surface area contributed by atoms with Crippen LogP contribution in [0.25, 0.3) is 0 Å². The molecule has 1 heterocycles. The van der Waals surface area contributed by atoms with Gasteiger partial charge in [0, 0.05) is 29.5 Å². The number of methoxy groups -OCH3 is 1. The molecular formula is C21H25F3N2O2. The number of aromatic nitrogens is 1. The monoisotopic (exact) mass is 394 g/mol. The van der Waals surface area contributed by atoms with Crippen LogP contribution in [0.1, 0.15) is 40.2 Å². The number of halogens is 3. The van der Waals surface area contributed by atoms with E-state index in [4.69, 9.17) is 4.74 Å². The van der Waals surface area contributed by atoms with E-state index in [0.717, 1.165) is 28.7 Å². The topological polar surface area (TPSA) is 34.5 Å². The Bertz CT molecular complexity index is 837. The van der Waals surface area contributed by atoms with E-state index in [1.807, 2.05) is 24.3 Å². The molecular weight excluding hydrogens is 369 g/mol.